The lowest BCUT2D eigenvalue weighted by Gasteiger charge is -2.43. The van der Waals surface area contributed by atoms with E-state index in [-0.39, 0.29) is 0 Å². The van der Waals surface area contributed by atoms with Crippen LogP contribution in [0.15, 0.2) is 24.4 Å². The number of likely N-dealkylation sites (tertiary alicyclic amines) is 1. The number of nitrogens with zero attached hydrogens (tertiary/aromatic N) is 5. The number of piperidine rings is 1. The number of ether oxygens (including phenoxy) is 2. The second kappa shape index (κ2) is 9.32. The summed E-state index contributed by atoms with van der Waals surface area (Å²) in [5.41, 5.74) is 1.31. The van der Waals surface area contributed by atoms with Crippen molar-refractivity contribution >= 4 is 16.5 Å². The van der Waals surface area contributed by atoms with E-state index in [1.54, 1.807) is 0 Å². The SMILES string of the molecule is CN(C)c1ncc(CN2CCC[C@@H](N3CCN(Cc4ccc5c(c4)OCO5)CC3)C2)s1. The number of hydrogen-bond donors (Lipinski definition) is 0. The molecule has 0 bridgehead atoms. The standard InChI is InChI=1S/C23H33N5O2S/c1-25(2)23-24-13-20(31-23)16-27-7-3-4-19(15-27)28-10-8-26(9-11-28)14-18-5-6-21-22(12-18)30-17-29-21/h5-6,12-13,19H,3-4,7-11,14-17H2,1-2H3/t19-/m1/s1. The number of aromatic nitrogens is 1. The molecule has 0 unspecified atom stereocenters. The topological polar surface area (TPSA) is 44.3 Å². The van der Waals surface area contributed by atoms with Gasteiger partial charge >= 0.3 is 0 Å². The molecule has 7 nitrogen and oxygen atoms in total. The summed E-state index contributed by atoms with van der Waals surface area (Å²) in [4.78, 5) is 15.9. The number of fused-ring (bicyclic) bond motifs is 1. The Kier molecular flexibility index (Phi) is 6.31. The summed E-state index contributed by atoms with van der Waals surface area (Å²) in [5.74, 6) is 1.75. The fourth-order valence-electron chi connectivity index (χ4n) is 4.85. The molecule has 0 spiro atoms. The lowest BCUT2D eigenvalue weighted by atomic mass is 10.0. The molecular weight excluding hydrogens is 410 g/mol. The van der Waals surface area contributed by atoms with Gasteiger partial charge in [0, 0.05) is 77.0 Å². The molecule has 0 aliphatic carbocycles. The van der Waals surface area contributed by atoms with E-state index in [4.69, 9.17) is 9.47 Å². The highest BCUT2D eigenvalue weighted by Gasteiger charge is 2.28. The van der Waals surface area contributed by atoms with E-state index in [1.807, 2.05) is 17.4 Å². The predicted molar refractivity (Wildman–Crippen MR) is 124 cm³/mol. The average Bonchev–Trinajstić information content (AvgIpc) is 3.44. The van der Waals surface area contributed by atoms with Crippen LogP contribution in [-0.2, 0) is 13.1 Å². The first kappa shape index (κ1) is 21.0. The molecule has 0 saturated carbocycles. The average molecular weight is 444 g/mol. The maximum atomic E-state index is 5.53. The van der Waals surface area contributed by atoms with Crippen LogP contribution < -0.4 is 14.4 Å². The van der Waals surface area contributed by atoms with Gasteiger partial charge in [0.25, 0.3) is 0 Å². The van der Waals surface area contributed by atoms with E-state index in [2.05, 4.69) is 57.0 Å². The van der Waals surface area contributed by atoms with Crippen LogP contribution in [0.1, 0.15) is 23.3 Å². The van der Waals surface area contributed by atoms with Crippen LogP contribution in [0.2, 0.25) is 0 Å². The monoisotopic (exact) mass is 443 g/mol. The van der Waals surface area contributed by atoms with E-state index in [9.17, 15) is 0 Å². The highest BCUT2D eigenvalue weighted by atomic mass is 32.1. The van der Waals surface area contributed by atoms with Crippen LogP contribution in [0, 0.1) is 0 Å². The number of piperazine rings is 1. The van der Waals surface area contributed by atoms with Crippen molar-refractivity contribution in [1.29, 1.82) is 0 Å². The van der Waals surface area contributed by atoms with Crippen LogP contribution in [0.3, 0.4) is 0 Å². The molecule has 2 aromatic rings. The molecule has 2 saturated heterocycles. The minimum absolute atomic E-state index is 0.343. The normalized spacial score (nSPS) is 22.7. The van der Waals surface area contributed by atoms with Gasteiger partial charge < -0.3 is 14.4 Å². The summed E-state index contributed by atoms with van der Waals surface area (Å²) in [6.45, 7) is 9.33. The van der Waals surface area contributed by atoms with Crippen molar-refractivity contribution in [3.63, 3.8) is 0 Å². The van der Waals surface area contributed by atoms with Crippen LogP contribution in [0.25, 0.3) is 0 Å². The summed E-state index contributed by atoms with van der Waals surface area (Å²) in [6, 6.07) is 7.02. The fourth-order valence-corrected chi connectivity index (χ4v) is 5.73. The molecule has 31 heavy (non-hydrogen) atoms. The molecule has 3 aliphatic rings. The summed E-state index contributed by atoms with van der Waals surface area (Å²) < 4.78 is 11.0. The molecular formula is C23H33N5O2S. The predicted octanol–water partition coefficient (Wildman–Crippen LogP) is 2.72. The second-order valence-corrected chi connectivity index (χ2v) is 10.1. The summed E-state index contributed by atoms with van der Waals surface area (Å²) in [7, 11) is 4.12. The van der Waals surface area contributed by atoms with Gasteiger partial charge in [-0.2, -0.15) is 0 Å². The Morgan fingerprint density at radius 3 is 2.68 bits per heavy atom. The third-order valence-electron chi connectivity index (χ3n) is 6.55. The Labute approximate surface area is 189 Å². The molecule has 5 rings (SSSR count). The fraction of sp³-hybridized carbons (Fsp3) is 0.609. The first-order valence-corrected chi connectivity index (χ1v) is 12.1. The van der Waals surface area contributed by atoms with Crippen molar-refractivity contribution in [3.8, 4) is 11.5 Å². The van der Waals surface area contributed by atoms with Crippen molar-refractivity contribution in [3.05, 3.63) is 34.8 Å². The Balaban J connectivity index is 1.10. The van der Waals surface area contributed by atoms with Crippen LogP contribution in [0.5, 0.6) is 11.5 Å². The summed E-state index contributed by atoms with van der Waals surface area (Å²) in [6.07, 6.45) is 4.67. The van der Waals surface area contributed by atoms with Crippen molar-refractivity contribution < 1.29 is 9.47 Å². The molecule has 1 aromatic carbocycles. The Hall–Kier alpha value is -1.87. The third kappa shape index (κ3) is 4.98. The Morgan fingerprint density at radius 1 is 1.03 bits per heavy atom. The second-order valence-electron chi connectivity index (χ2n) is 9.03. The Morgan fingerprint density at radius 2 is 1.87 bits per heavy atom. The van der Waals surface area contributed by atoms with Crippen molar-refractivity contribution in [2.75, 3.05) is 65.1 Å². The van der Waals surface area contributed by atoms with Crippen molar-refractivity contribution in [1.82, 2.24) is 19.7 Å². The smallest absolute Gasteiger partial charge is 0.231 e. The molecule has 0 radical (unpaired) electrons. The van der Waals surface area contributed by atoms with E-state index in [0.29, 0.717) is 12.8 Å². The molecule has 4 heterocycles. The maximum Gasteiger partial charge on any atom is 0.231 e. The highest BCUT2D eigenvalue weighted by molar-refractivity contribution is 7.15. The quantitative estimate of drug-likeness (QED) is 0.680. The van der Waals surface area contributed by atoms with E-state index < -0.39 is 0 Å². The first-order valence-electron chi connectivity index (χ1n) is 11.3. The number of benzene rings is 1. The van der Waals surface area contributed by atoms with E-state index >= 15 is 0 Å². The number of rotatable bonds is 6. The van der Waals surface area contributed by atoms with E-state index in [0.717, 1.165) is 55.9 Å². The zero-order valence-corrected chi connectivity index (χ0v) is 19.4. The minimum atomic E-state index is 0.343. The molecule has 2 fully saturated rings. The first-order chi connectivity index (χ1) is 15.1. The molecule has 3 aliphatic heterocycles. The van der Waals surface area contributed by atoms with Crippen molar-refractivity contribution in [2.24, 2.45) is 0 Å². The molecule has 0 N–H and O–H groups in total. The van der Waals surface area contributed by atoms with Gasteiger partial charge in [-0.25, -0.2) is 4.98 Å². The zero-order chi connectivity index (χ0) is 21.2. The highest BCUT2D eigenvalue weighted by Crippen LogP contribution is 2.33. The number of thiazole rings is 1. The maximum absolute atomic E-state index is 5.53. The summed E-state index contributed by atoms with van der Waals surface area (Å²) >= 11 is 1.82. The molecule has 1 aromatic heterocycles. The van der Waals surface area contributed by atoms with Gasteiger partial charge in [0.1, 0.15) is 0 Å². The van der Waals surface area contributed by atoms with Gasteiger partial charge in [0.05, 0.1) is 0 Å². The lowest BCUT2D eigenvalue weighted by molar-refractivity contribution is 0.0480. The molecule has 1 atom stereocenters. The van der Waals surface area contributed by atoms with Gasteiger partial charge in [0.15, 0.2) is 16.6 Å². The van der Waals surface area contributed by atoms with Crippen LogP contribution in [0.4, 0.5) is 5.13 Å². The molecule has 0 amide bonds. The van der Waals surface area contributed by atoms with Gasteiger partial charge in [-0.3, -0.25) is 14.7 Å². The minimum Gasteiger partial charge on any atom is -0.454 e. The van der Waals surface area contributed by atoms with Crippen LogP contribution in [-0.4, -0.2) is 85.9 Å². The third-order valence-corrected chi connectivity index (χ3v) is 7.70. The Bertz CT molecular complexity index is 881. The van der Waals surface area contributed by atoms with Crippen LogP contribution >= 0.6 is 11.3 Å². The largest absolute Gasteiger partial charge is 0.454 e. The number of anilines is 1. The zero-order valence-electron chi connectivity index (χ0n) is 18.6. The molecule has 8 heteroatoms. The van der Waals surface area contributed by atoms with E-state index in [1.165, 1.54) is 36.4 Å². The van der Waals surface area contributed by atoms with Gasteiger partial charge in [-0.15, -0.1) is 11.3 Å². The van der Waals surface area contributed by atoms with Gasteiger partial charge in [0.2, 0.25) is 6.79 Å². The lowest BCUT2D eigenvalue weighted by Crippen LogP contribution is -2.54. The molecule has 168 valence electrons. The van der Waals surface area contributed by atoms with Crippen molar-refractivity contribution in [2.45, 2.75) is 32.0 Å². The summed E-state index contributed by atoms with van der Waals surface area (Å²) in [5, 5.41) is 1.10. The van der Waals surface area contributed by atoms with Gasteiger partial charge in [-0.05, 0) is 37.1 Å². The number of hydrogen-bond acceptors (Lipinski definition) is 8. The van der Waals surface area contributed by atoms with Gasteiger partial charge in [-0.1, -0.05) is 6.07 Å².